The highest BCUT2D eigenvalue weighted by Gasteiger charge is 2.25. The van der Waals surface area contributed by atoms with Crippen LogP contribution in [0.1, 0.15) is 20.8 Å². The lowest BCUT2D eigenvalue weighted by atomic mass is 10.2. The fourth-order valence-electron chi connectivity index (χ4n) is 2.64. The summed E-state index contributed by atoms with van der Waals surface area (Å²) in [7, 11) is -3.80. The van der Waals surface area contributed by atoms with Gasteiger partial charge in [0.15, 0.2) is 0 Å². The van der Waals surface area contributed by atoms with E-state index in [0.29, 0.717) is 11.4 Å². The number of benzene rings is 2. The quantitative estimate of drug-likeness (QED) is 0.512. The summed E-state index contributed by atoms with van der Waals surface area (Å²) in [5, 5.41) is 17.0. The first-order chi connectivity index (χ1) is 13.2. The molecule has 0 heterocycles. The van der Waals surface area contributed by atoms with Gasteiger partial charge < -0.3 is 10.6 Å². The Kier molecular flexibility index (Phi) is 6.71. The van der Waals surface area contributed by atoms with E-state index >= 15 is 0 Å². The molecule has 0 unspecified atom stereocenters. The van der Waals surface area contributed by atoms with Gasteiger partial charge >= 0.3 is 0 Å². The van der Waals surface area contributed by atoms with Gasteiger partial charge in [-0.25, -0.2) is 8.42 Å². The zero-order valence-corrected chi connectivity index (χ0v) is 16.6. The van der Waals surface area contributed by atoms with Crippen LogP contribution in [0.4, 0.5) is 22.7 Å². The summed E-state index contributed by atoms with van der Waals surface area (Å²) in [5.74, 6) is -0.207. The van der Waals surface area contributed by atoms with E-state index in [1.165, 1.54) is 23.4 Å². The van der Waals surface area contributed by atoms with Crippen LogP contribution < -0.4 is 10.6 Å². The van der Waals surface area contributed by atoms with E-state index in [1.54, 1.807) is 38.1 Å². The van der Waals surface area contributed by atoms with E-state index in [0.717, 1.165) is 6.07 Å². The summed E-state index contributed by atoms with van der Waals surface area (Å²) in [6.45, 7) is 5.34. The molecule has 0 aliphatic carbocycles. The minimum atomic E-state index is -3.80. The fraction of sp³-hybridized carbons (Fsp3) is 0.278. The van der Waals surface area contributed by atoms with Gasteiger partial charge in [-0.05, 0) is 36.4 Å². The third-order valence-corrected chi connectivity index (χ3v) is 6.04. The molecular weight excluding hydrogens is 384 g/mol. The van der Waals surface area contributed by atoms with Crippen molar-refractivity contribution in [3.8, 4) is 0 Å². The maximum atomic E-state index is 12.6. The fourth-order valence-corrected chi connectivity index (χ4v) is 4.12. The highest BCUT2D eigenvalue weighted by atomic mass is 32.2. The summed E-state index contributed by atoms with van der Waals surface area (Å²) >= 11 is 0. The Balaban J connectivity index is 2.36. The second kappa shape index (κ2) is 8.81. The average Bonchev–Trinajstić information content (AvgIpc) is 2.63. The number of carbonyl (C=O) groups is 1. The topological polar surface area (TPSA) is 122 Å². The van der Waals surface area contributed by atoms with Crippen molar-refractivity contribution in [3.63, 3.8) is 0 Å². The number of sulfonamides is 1. The molecule has 0 spiro atoms. The van der Waals surface area contributed by atoms with Crippen LogP contribution in [-0.4, -0.2) is 36.6 Å². The van der Waals surface area contributed by atoms with E-state index in [9.17, 15) is 23.3 Å². The Morgan fingerprint density at radius 3 is 2.14 bits per heavy atom. The van der Waals surface area contributed by atoms with Gasteiger partial charge in [-0.1, -0.05) is 13.8 Å². The second-order valence-corrected chi connectivity index (χ2v) is 7.85. The van der Waals surface area contributed by atoms with Crippen LogP contribution in [0.25, 0.3) is 0 Å². The van der Waals surface area contributed by atoms with E-state index in [-0.39, 0.29) is 35.3 Å². The van der Waals surface area contributed by atoms with Gasteiger partial charge in [0.25, 0.3) is 5.69 Å². The number of nitrogens with zero attached hydrogens (tertiary/aromatic N) is 2. The first kappa shape index (κ1) is 21.3. The molecule has 10 heteroatoms. The van der Waals surface area contributed by atoms with Crippen molar-refractivity contribution in [2.75, 3.05) is 23.7 Å². The van der Waals surface area contributed by atoms with Gasteiger partial charge in [-0.15, -0.1) is 0 Å². The van der Waals surface area contributed by atoms with Crippen molar-refractivity contribution in [1.82, 2.24) is 4.31 Å². The van der Waals surface area contributed by atoms with Crippen LogP contribution in [0.5, 0.6) is 0 Å². The van der Waals surface area contributed by atoms with Gasteiger partial charge in [0.1, 0.15) is 5.69 Å². The first-order valence-electron chi connectivity index (χ1n) is 8.62. The van der Waals surface area contributed by atoms with Gasteiger partial charge in [-0.2, -0.15) is 4.31 Å². The van der Waals surface area contributed by atoms with Crippen LogP contribution in [0.15, 0.2) is 47.4 Å². The van der Waals surface area contributed by atoms with Crippen LogP contribution in [0, 0.1) is 10.1 Å². The number of amides is 1. The summed E-state index contributed by atoms with van der Waals surface area (Å²) in [6.07, 6.45) is 0. The Labute approximate surface area is 163 Å². The molecule has 0 aliphatic heterocycles. The van der Waals surface area contributed by atoms with E-state index in [4.69, 9.17) is 0 Å². The smallest absolute Gasteiger partial charge is 0.294 e. The van der Waals surface area contributed by atoms with Crippen molar-refractivity contribution in [2.24, 2.45) is 0 Å². The van der Waals surface area contributed by atoms with Gasteiger partial charge in [0, 0.05) is 37.5 Å². The van der Waals surface area contributed by atoms with Crippen LogP contribution in [0.3, 0.4) is 0 Å². The SMILES string of the molecule is CCN(CC)S(=O)(=O)c1ccc(Nc2ccc(NC(C)=O)cc2)c([N+](=O)[O-])c1. The lowest BCUT2D eigenvalue weighted by Crippen LogP contribution is -2.30. The van der Waals surface area contributed by atoms with Gasteiger partial charge in [0.2, 0.25) is 15.9 Å². The zero-order valence-electron chi connectivity index (χ0n) is 15.8. The molecule has 9 nitrogen and oxygen atoms in total. The van der Waals surface area contributed by atoms with E-state index < -0.39 is 14.9 Å². The van der Waals surface area contributed by atoms with Crippen molar-refractivity contribution >= 4 is 38.7 Å². The number of carbonyl (C=O) groups excluding carboxylic acids is 1. The summed E-state index contributed by atoms with van der Waals surface area (Å²) in [4.78, 5) is 21.8. The number of rotatable bonds is 8. The predicted molar refractivity (Wildman–Crippen MR) is 107 cm³/mol. The molecule has 0 saturated heterocycles. The van der Waals surface area contributed by atoms with Crippen LogP contribution in [-0.2, 0) is 14.8 Å². The Morgan fingerprint density at radius 1 is 1.07 bits per heavy atom. The van der Waals surface area contributed by atoms with Gasteiger partial charge in [0.05, 0.1) is 9.82 Å². The molecule has 2 N–H and O–H groups in total. The Morgan fingerprint density at radius 2 is 1.64 bits per heavy atom. The molecule has 0 bridgehead atoms. The van der Waals surface area contributed by atoms with Crippen molar-refractivity contribution in [1.29, 1.82) is 0 Å². The molecule has 0 atom stereocenters. The Hall–Kier alpha value is -2.98. The minimum absolute atomic E-state index is 0.130. The highest BCUT2D eigenvalue weighted by Crippen LogP contribution is 2.31. The minimum Gasteiger partial charge on any atom is -0.350 e. The molecule has 2 rings (SSSR count). The normalized spacial score (nSPS) is 11.3. The number of hydrogen-bond acceptors (Lipinski definition) is 6. The van der Waals surface area contributed by atoms with Gasteiger partial charge in [-0.3, -0.25) is 14.9 Å². The summed E-state index contributed by atoms with van der Waals surface area (Å²) < 4.78 is 26.5. The molecular formula is C18H22N4O5S. The molecule has 28 heavy (non-hydrogen) atoms. The second-order valence-electron chi connectivity index (χ2n) is 5.91. The third kappa shape index (κ3) is 4.84. The standard InChI is InChI=1S/C18H22N4O5S/c1-4-21(5-2)28(26,27)16-10-11-17(18(12-16)22(24)25)20-15-8-6-14(7-9-15)19-13(3)23/h6-12,20H,4-5H2,1-3H3,(H,19,23). The van der Waals surface area contributed by atoms with Crippen molar-refractivity contribution in [3.05, 3.63) is 52.6 Å². The number of anilines is 3. The Bertz CT molecular complexity index is 970. The average molecular weight is 406 g/mol. The molecule has 0 saturated carbocycles. The number of hydrogen-bond donors (Lipinski definition) is 2. The molecule has 2 aromatic carbocycles. The van der Waals surface area contributed by atoms with E-state index in [1.807, 2.05) is 0 Å². The van der Waals surface area contributed by atoms with Crippen LogP contribution >= 0.6 is 0 Å². The number of nitro benzene ring substituents is 1. The monoisotopic (exact) mass is 406 g/mol. The van der Waals surface area contributed by atoms with Crippen LogP contribution in [0.2, 0.25) is 0 Å². The summed E-state index contributed by atoms with van der Waals surface area (Å²) in [5.41, 5.74) is 0.958. The maximum Gasteiger partial charge on any atom is 0.294 e. The number of nitro groups is 1. The lowest BCUT2D eigenvalue weighted by Gasteiger charge is -2.18. The molecule has 1 amide bonds. The maximum absolute atomic E-state index is 12.6. The molecule has 150 valence electrons. The van der Waals surface area contributed by atoms with Crippen molar-refractivity contribution in [2.45, 2.75) is 25.7 Å². The molecule has 0 fully saturated rings. The first-order valence-corrected chi connectivity index (χ1v) is 10.1. The molecule has 0 radical (unpaired) electrons. The predicted octanol–water partition coefficient (Wildman–Crippen LogP) is 3.33. The third-order valence-electron chi connectivity index (χ3n) is 3.99. The largest absolute Gasteiger partial charge is 0.350 e. The van der Waals surface area contributed by atoms with E-state index in [2.05, 4.69) is 10.6 Å². The van der Waals surface area contributed by atoms with Crippen molar-refractivity contribution < 1.29 is 18.1 Å². The summed E-state index contributed by atoms with van der Waals surface area (Å²) in [6, 6.07) is 10.4. The highest BCUT2D eigenvalue weighted by molar-refractivity contribution is 7.89. The number of nitrogens with one attached hydrogen (secondary N) is 2. The molecule has 0 aromatic heterocycles. The molecule has 2 aromatic rings. The molecule has 0 aliphatic rings. The zero-order chi connectivity index (χ0) is 20.9. The lowest BCUT2D eigenvalue weighted by molar-refractivity contribution is -0.384.